The molecule has 1 fully saturated rings. The normalized spacial score (nSPS) is 14.5. The molecule has 2 aromatic rings. The summed E-state index contributed by atoms with van der Waals surface area (Å²) in [6.07, 6.45) is 2.10. The first-order valence-electron chi connectivity index (χ1n) is 8.55. The molecule has 0 radical (unpaired) electrons. The number of hydrogen-bond donors (Lipinski definition) is 1. The maximum absolute atomic E-state index is 12.7. The number of rotatable bonds is 6. The van der Waals surface area contributed by atoms with Crippen LogP contribution in [0, 0.1) is 0 Å². The lowest BCUT2D eigenvalue weighted by molar-refractivity contribution is -0.117. The number of carbonyl (C=O) groups excluding carboxylic acids is 1. The largest absolute Gasteiger partial charge is 0.495 e. The lowest BCUT2D eigenvalue weighted by atomic mass is 10.2. The van der Waals surface area contributed by atoms with Gasteiger partial charge >= 0.3 is 0 Å². The quantitative estimate of drug-likeness (QED) is 0.843. The van der Waals surface area contributed by atoms with Gasteiger partial charge in [0.2, 0.25) is 5.91 Å². The summed E-state index contributed by atoms with van der Waals surface area (Å²) < 4.78 is 33.4. The van der Waals surface area contributed by atoms with Gasteiger partial charge in [0, 0.05) is 18.7 Å². The number of hydrogen-bond acceptors (Lipinski definition) is 4. The smallest absolute Gasteiger partial charge is 0.261 e. The van der Waals surface area contributed by atoms with E-state index < -0.39 is 10.0 Å². The van der Waals surface area contributed by atoms with Gasteiger partial charge in [0.15, 0.2) is 0 Å². The van der Waals surface area contributed by atoms with Crippen LogP contribution >= 0.6 is 0 Å². The molecule has 1 saturated heterocycles. The maximum atomic E-state index is 12.7. The number of aryl methyl sites for hydroxylation is 1. The number of ether oxygens (including phenoxy) is 1. The van der Waals surface area contributed by atoms with E-state index >= 15 is 0 Å². The van der Waals surface area contributed by atoms with E-state index in [1.54, 1.807) is 23.1 Å². The van der Waals surface area contributed by atoms with Gasteiger partial charge < -0.3 is 9.64 Å². The molecule has 138 valence electrons. The van der Waals surface area contributed by atoms with Crippen molar-refractivity contribution in [3.8, 4) is 5.75 Å². The molecule has 1 aliphatic rings. The molecule has 0 saturated carbocycles. The van der Waals surface area contributed by atoms with Crippen LogP contribution in [0.2, 0.25) is 0 Å². The van der Waals surface area contributed by atoms with Crippen LogP contribution < -0.4 is 14.4 Å². The molecule has 0 atom stereocenters. The van der Waals surface area contributed by atoms with Crippen molar-refractivity contribution in [3.05, 3.63) is 48.0 Å². The summed E-state index contributed by atoms with van der Waals surface area (Å²) in [7, 11) is -2.27. The second-order valence-corrected chi connectivity index (χ2v) is 7.82. The molecular formula is C19H22N2O4S. The van der Waals surface area contributed by atoms with Crippen molar-refractivity contribution in [1.29, 1.82) is 0 Å². The Morgan fingerprint density at radius 3 is 2.46 bits per heavy atom. The average Bonchev–Trinajstić information content (AvgIpc) is 3.07. The fourth-order valence-corrected chi connectivity index (χ4v) is 4.05. The highest BCUT2D eigenvalue weighted by Gasteiger charge is 2.26. The number of nitrogens with one attached hydrogen (secondary N) is 1. The van der Waals surface area contributed by atoms with Crippen LogP contribution in [0.1, 0.15) is 25.3 Å². The lowest BCUT2D eigenvalue weighted by Crippen LogP contribution is -2.24. The Hall–Kier alpha value is -2.54. The van der Waals surface area contributed by atoms with Crippen molar-refractivity contribution < 1.29 is 17.9 Å². The van der Waals surface area contributed by atoms with Crippen LogP contribution in [0.3, 0.4) is 0 Å². The Bertz CT molecular complexity index is 908. The maximum Gasteiger partial charge on any atom is 0.261 e. The highest BCUT2D eigenvalue weighted by Crippen LogP contribution is 2.34. The fourth-order valence-electron chi connectivity index (χ4n) is 2.97. The molecule has 0 bridgehead atoms. The minimum absolute atomic E-state index is 0.0269. The molecule has 0 aromatic heterocycles. The molecule has 26 heavy (non-hydrogen) atoms. The van der Waals surface area contributed by atoms with Gasteiger partial charge in [-0.2, -0.15) is 0 Å². The molecule has 0 aliphatic carbocycles. The molecule has 1 aliphatic heterocycles. The molecular weight excluding hydrogens is 352 g/mol. The van der Waals surface area contributed by atoms with E-state index in [2.05, 4.69) is 4.72 Å². The van der Waals surface area contributed by atoms with Gasteiger partial charge in [-0.1, -0.05) is 19.1 Å². The van der Waals surface area contributed by atoms with Crippen molar-refractivity contribution in [3.63, 3.8) is 0 Å². The molecule has 3 rings (SSSR count). The first-order chi connectivity index (χ1) is 12.4. The van der Waals surface area contributed by atoms with Gasteiger partial charge in [-0.25, -0.2) is 8.42 Å². The Morgan fingerprint density at radius 2 is 1.88 bits per heavy atom. The number of methoxy groups -OCH3 is 1. The summed E-state index contributed by atoms with van der Waals surface area (Å²) in [5.74, 6) is 0.451. The molecule has 0 unspecified atom stereocenters. The Kier molecular flexibility index (Phi) is 5.18. The van der Waals surface area contributed by atoms with Crippen LogP contribution in [-0.2, 0) is 21.2 Å². The van der Waals surface area contributed by atoms with Crippen molar-refractivity contribution in [2.24, 2.45) is 0 Å². The van der Waals surface area contributed by atoms with Crippen molar-refractivity contribution >= 4 is 27.3 Å². The van der Waals surface area contributed by atoms with Gasteiger partial charge in [0.05, 0.1) is 17.7 Å². The van der Waals surface area contributed by atoms with E-state index in [0.717, 1.165) is 18.4 Å². The molecule has 6 nitrogen and oxygen atoms in total. The summed E-state index contributed by atoms with van der Waals surface area (Å²) in [5.41, 5.74) is 2.11. The zero-order valence-electron chi connectivity index (χ0n) is 14.9. The first kappa shape index (κ1) is 18.3. The van der Waals surface area contributed by atoms with E-state index in [9.17, 15) is 13.2 Å². The number of anilines is 2. The van der Waals surface area contributed by atoms with Crippen LogP contribution in [0.5, 0.6) is 5.75 Å². The summed E-state index contributed by atoms with van der Waals surface area (Å²) in [6.45, 7) is 2.60. The van der Waals surface area contributed by atoms with Crippen LogP contribution in [0.4, 0.5) is 11.4 Å². The Morgan fingerprint density at radius 1 is 1.15 bits per heavy atom. The van der Waals surface area contributed by atoms with E-state index in [1.807, 2.05) is 19.1 Å². The topological polar surface area (TPSA) is 75.7 Å². The zero-order chi connectivity index (χ0) is 18.7. The SMILES string of the molecule is CCc1ccc(NS(=O)(=O)c2ccc(OC)c(N3CCCC3=O)c2)cc1. The van der Waals surface area contributed by atoms with E-state index in [-0.39, 0.29) is 10.8 Å². The average molecular weight is 374 g/mol. The Labute approximate surface area is 153 Å². The minimum atomic E-state index is -3.77. The molecule has 0 spiro atoms. The van der Waals surface area contributed by atoms with Gasteiger partial charge in [0.1, 0.15) is 5.75 Å². The summed E-state index contributed by atoms with van der Waals surface area (Å²) in [6, 6.07) is 11.8. The molecule has 1 heterocycles. The standard InChI is InChI=1S/C19H22N2O4S/c1-3-14-6-8-15(9-7-14)20-26(23,24)16-10-11-18(25-2)17(13-16)21-12-4-5-19(21)22/h6-11,13,20H,3-5,12H2,1-2H3. The monoisotopic (exact) mass is 374 g/mol. The second-order valence-electron chi connectivity index (χ2n) is 6.14. The van der Waals surface area contributed by atoms with Gasteiger partial charge in [-0.05, 0) is 48.7 Å². The highest BCUT2D eigenvalue weighted by molar-refractivity contribution is 7.92. The third-order valence-electron chi connectivity index (χ3n) is 4.44. The number of carbonyl (C=O) groups is 1. The highest BCUT2D eigenvalue weighted by atomic mass is 32.2. The fraction of sp³-hybridized carbons (Fsp3) is 0.316. The Balaban J connectivity index is 1.92. The van der Waals surface area contributed by atoms with Crippen molar-refractivity contribution in [2.75, 3.05) is 23.3 Å². The molecule has 1 amide bonds. The zero-order valence-corrected chi connectivity index (χ0v) is 15.7. The predicted octanol–water partition coefficient (Wildman–Crippen LogP) is 3.19. The molecule has 2 aromatic carbocycles. The van der Waals surface area contributed by atoms with Crippen molar-refractivity contribution in [1.82, 2.24) is 0 Å². The van der Waals surface area contributed by atoms with E-state index in [1.165, 1.54) is 19.2 Å². The van der Waals surface area contributed by atoms with Crippen LogP contribution in [0.25, 0.3) is 0 Å². The van der Waals surface area contributed by atoms with Crippen molar-refractivity contribution in [2.45, 2.75) is 31.1 Å². The third kappa shape index (κ3) is 3.67. The van der Waals surface area contributed by atoms with Crippen LogP contribution in [-0.4, -0.2) is 28.0 Å². The molecule has 1 N–H and O–H groups in total. The number of amides is 1. The first-order valence-corrected chi connectivity index (χ1v) is 10.0. The lowest BCUT2D eigenvalue weighted by Gasteiger charge is -2.20. The number of sulfonamides is 1. The summed E-state index contributed by atoms with van der Waals surface area (Å²) in [4.78, 5) is 13.7. The number of nitrogens with zero attached hydrogens (tertiary/aromatic N) is 1. The van der Waals surface area contributed by atoms with Gasteiger partial charge in [0.25, 0.3) is 10.0 Å². The summed E-state index contributed by atoms with van der Waals surface area (Å²) >= 11 is 0. The molecule has 7 heteroatoms. The van der Waals surface area contributed by atoms with Crippen LogP contribution in [0.15, 0.2) is 47.4 Å². The van der Waals surface area contributed by atoms with E-state index in [4.69, 9.17) is 4.74 Å². The van der Waals surface area contributed by atoms with Gasteiger partial charge in [-0.15, -0.1) is 0 Å². The minimum Gasteiger partial charge on any atom is -0.495 e. The third-order valence-corrected chi connectivity index (χ3v) is 5.82. The predicted molar refractivity (Wildman–Crippen MR) is 101 cm³/mol. The van der Waals surface area contributed by atoms with Gasteiger partial charge in [-0.3, -0.25) is 9.52 Å². The number of benzene rings is 2. The summed E-state index contributed by atoms with van der Waals surface area (Å²) in [5, 5.41) is 0. The second kappa shape index (κ2) is 7.37. The van der Waals surface area contributed by atoms with E-state index in [0.29, 0.717) is 30.1 Å².